The number of hydrogen-bond donors (Lipinski definition) is 2. The molecule has 2 rings (SSSR count). The summed E-state index contributed by atoms with van der Waals surface area (Å²) in [6.07, 6.45) is 2.46. The Morgan fingerprint density at radius 2 is 2.38 bits per heavy atom. The molecule has 3 N–H and O–H groups in total. The van der Waals surface area contributed by atoms with Crippen LogP contribution < -0.4 is 11.1 Å². The Hall–Kier alpha value is -1.40. The zero-order chi connectivity index (χ0) is 15.2. The van der Waals surface area contributed by atoms with Gasteiger partial charge in [-0.1, -0.05) is 6.07 Å². The Kier molecular flexibility index (Phi) is 5.76. The first-order chi connectivity index (χ1) is 10.1. The largest absolute Gasteiger partial charge is 0.351 e. The Labute approximate surface area is 129 Å². The number of nitrogens with one attached hydrogen (secondary N) is 1. The van der Waals surface area contributed by atoms with Gasteiger partial charge in [0, 0.05) is 32.1 Å². The number of hydrogen-bond acceptors (Lipinski definition) is 4. The van der Waals surface area contributed by atoms with Crippen LogP contribution in [0.1, 0.15) is 35.9 Å². The molecule has 0 aromatic carbocycles. The molecule has 1 saturated heterocycles. The number of amides is 2. The second-order valence-electron chi connectivity index (χ2n) is 5.58. The van der Waals surface area contributed by atoms with Gasteiger partial charge in [-0.25, -0.2) is 0 Å². The zero-order valence-corrected chi connectivity index (χ0v) is 13.2. The lowest BCUT2D eigenvalue weighted by Gasteiger charge is -2.34. The molecule has 2 atom stereocenters. The molecule has 1 aromatic rings. The first-order valence-corrected chi connectivity index (χ1v) is 8.31. The van der Waals surface area contributed by atoms with Crippen molar-refractivity contribution in [2.45, 2.75) is 32.2 Å². The van der Waals surface area contributed by atoms with Gasteiger partial charge >= 0.3 is 0 Å². The molecule has 1 aliphatic heterocycles. The fourth-order valence-corrected chi connectivity index (χ4v) is 3.24. The van der Waals surface area contributed by atoms with E-state index in [1.54, 1.807) is 6.07 Å². The van der Waals surface area contributed by atoms with E-state index in [-0.39, 0.29) is 17.9 Å². The predicted octanol–water partition coefficient (Wildman–Crippen LogP) is 1.45. The van der Waals surface area contributed by atoms with Crippen molar-refractivity contribution in [3.63, 3.8) is 0 Å². The highest BCUT2D eigenvalue weighted by Gasteiger charge is 2.25. The van der Waals surface area contributed by atoms with Crippen LogP contribution in [0.2, 0.25) is 0 Å². The van der Waals surface area contributed by atoms with Crippen LogP contribution >= 0.6 is 11.3 Å². The van der Waals surface area contributed by atoms with Crippen molar-refractivity contribution in [3.8, 4) is 0 Å². The van der Waals surface area contributed by atoms with Crippen LogP contribution in [0.15, 0.2) is 17.5 Å². The minimum absolute atomic E-state index is 0.104. The van der Waals surface area contributed by atoms with Crippen molar-refractivity contribution in [1.82, 2.24) is 10.2 Å². The third kappa shape index (κ3) is 4.54. The summed E-state index contributed by atoms with van der Waals surface area (Å²) in [7, 11) is 0. The van der Waals surface area contributed by atoms with Crippen molar-refractivity contribution in [3.05, 3.63) is 22.4 Å². The summed E-state index contributed by atoms with van der Waals surface area (Å²) in [5, 5.41) is 4.65. The lowest BCUT2D eigenvalue weighted by Crippen LogP contribution is -2.45. The highest BCUT2D eigenvalue weighted by atomic mass is 32.1. The van der Waals surface area contributed by atoms with Gasteiger partial charge in [-0.15, -0.1) is 11.3 Å². The average Bonchev–Trinajstić information content (AvgIpc) is 3.01. The van der Waals surface area contributed by atoms with E-state index in [1.807, 2.05) is 23.3 Å². The van der Waals surface area contributed by atoms with Crippen molar-refractivity contribution in [1.29, 1.82) is 0 Å². The van der Waals surface area contributed by atoms with Gasteiger partial charge in [-0.05, 0) is 37.1 Å². The summed E-state index contributed by atoms with van der Waals surface area (Å²) in [6, 6.07) is 3.74. The molecule has 5 nitrogen and oxygen atoms in total. The van der Waals surface area contributed by atoms with Crippen molar-refractivity contribution in [2.75, 3.05) is 19.6 Å². The van der Waals surface area contributed by atoms with Crippen molar-refractivity contribution < 1.29 is 9.59 Å². The van der Waals surface area contributed by atoms with Gasteiger partial charge in [-0.3, -0.25) is 9.59 Å². The van der Waals surface area contributed by atoms with E-state index in [4.69, 9.17) is 5.73 Å². The molecule has 0 aliphatic carbocycles. The van der Waals surface area contributed by atoms with Crippen LogP contribution in [-0.4, -0.2) is 42.4 Å². The summed E-state index contributed by atoms with van der Waals surface area (Å²) in [5.41, 5.74) is 5.93. The molecule has 0 bridgehead atoms. The topological polar surface area (TPSA) is 75.4 Å². The molecule has 1 aliphatic rings. The molecule has 1 aromatic heterocycles. The van der Waals surface area contributed by atoms with E-state index >= 15 is 0 Å². The van der Waals surface area contributed by atoms with Crippen LogP contribution in [0.5, 0.6) is 0 Å². The predicted molar refractivity (Wildman–Crippen MR) is 84.2 cm³/mol. The molecule has 0 radical (unpaired) electrons. The summed E-state index contributed by atoms with van der Waals surface area (Å²) in [4.78, 5) is 26.5. The maximum atomic E-state index is 12.2. The second kappa shape index (κ2) is 7.56. The smallest absolute Gasteiger partial charge is 0.261 e. The molecular formula is C15H23N3O2S. The van der Waals surface area contributed by atoms with Gasteiger partial charge < -0.3 is 16.0 Å². The molecular weight excluding hydrogens is 286 g/mol. The molecule has 0 spiro atoms. The molecule has 2 unspecified atom stereocenters. The Morgan fingerprint density at radius 1 is 1.57 bits per heavy atom. The van der Waals surface area contributed by atoms with Crippen LogP contribution in [-0.2, 0) is 4.79 Å². The van der Waals surface area contributed by atoms with E-state index in [1.165, 1.54) is 11.3 Å². The first kappa shape index (κ1) is 16.0. The lowest BCUT2D eigenvalue weighted by atomic mass is 9.92. The van der Waals surface area contributed by atoms with E-state index < -0.39 is 0 Å². The minimum atomic E-state index is -0.107. The summed E-state index contributed by atoms with van der Waals surface area (Å²) >= 11 is 1.40. The number of nitrogens with two attached hydrogens (primary N) is 1. The number of thiophene rings is 1. The summed E-state index contributed by atoms with van der Waals surface area (Å²) in [6.45, 7) is 3.94. The molecule has 2 heterocycles. The van der Waals surface area contributed by atoms with Gasteiger partial charge in [0.1, 0.15) is 0 Å². The van der Waals surface area contributed by atoms with E-state index in [0.29, 0.717) is 23.8 Å². The van der Waals surface area contributed by atoms with E-state index in [2.05, 4.69) is 5.32 Å². The standard InChI is InChI=1S/C15H23N3O2S/c1-11(16)12-4-2-8-18(10-12)14(19)6-7-17-15(20)13-5-3-9-21-13/h3,5,9,11-12H,2,4,6-8,10,16H2,1H3,(H,17,20). The van der Waals surface area contributed by atoms with Crippen LogP contribution in [0.25, 0.3) is 0 Å². The van der Waals surface area contributed by atoms with E-state index in [9.17, 15) is 9.59 Å². The van der Waals surface area contributed by atoms with Crippen molar-refractivity contribution in [2.24, 2.45) is 11.7 Å². The third-order valence-electron chi connectivity index (χ3n) is 3.92. The SMILES string of the molecule is CC(N)C1CCCN(C(=O)CCNC(=O)c2cccs2)C1. The third-order valence-corrected chi connectivity index (χ3v) is 4.79. The highest BCUT2D eigenvalue weighted by molar-refractivity contribution is 7.12. The maximum Gasteiger partial charge on any atom is 0.261 e. The number of likely N-dealkylation sites (tertiary alicyclic amines) is 1. The molecule has 0 saturated carbocycles. The Morgan fingerprint density at radius 3 is 3.05 bits per heavy atom. The quantitative estimate of drug-likeness (QED) is 0.864. The summed E-state index contributed by atoms with van der Waals surface area (Å²) < 4.78 is 0. The molecule has 6 heteroatoms. The molecule has 21 heavy (non-hydrogen) atoms. The molecule has 116 valence electrons. The van der Waals surface area contributed by atoms with Crippen LogP contribution in [0.4, 0.5) is 0 Å². The van der Waals surface area contributed by atoms with Gasteiger partial charge in [-0.2, -0.15) is 0 Å². The van der Waals surface area contributed by atoms with Gasteiger partial charge in [0.25, 0.3) is 5.91 Å². The Balaban J connectivity index is 1.73. The number of carbonyl (C=O) groups is 2. The average molecular weight is 309 g/mol. The fourth-order valence-electron chi connectivity index (χ4n) is 2.60. The Bertz CT molecular complexity index is 473. The molecule has 1 fully saturated rings. The minimum Gasteiger partial charge on any atom is -0.351 e. The second-order valence-corrected chi connectivity index (χ2v) is 6.53. The number of rotatable bonds is 5. The normalized spacial score (nSPS) is 20.1. The highest BCUT2D eigenvalue weighted by Crippen LogP contribution is 2.19. The summed E-state index contributed by atoms with van der Waals surface area (Å²) in [5.74, 6) is 0.389. The number of piperidine rings is 1. The maximum absolute atomic E-state index is 12.2. The monoisotopic (exact) mass is 309 g/mol. The number of carbonyl (C=O) groups excluding carboxylic acids is 2. The van der Waals surface area contributed by atoms with Crippen LogP contribution in [0, 0.1) is 5.92 Å². The molecule has 2 amide bonds. The van der Waals surface area contributed by atoms with Gasteiger partial charge in [0.15, 0.2) is 0 Å². The van der Waals surface area contributed by atoms with Gasteiger partial charge in [0.2, 0.25) is 5.91 Å². The van der Waals surface area contributed by atoms with Crippen LogP contribution in [0.3, 0.4) is 0 Å². The fraction of sp³-hybridized carbons (Fsp3) is 0.600. The first-order valence-electron chi connectivity index (χ1n) is 7.43. The van der Waals surface area contributed by atoms with E-state index in [0.717, 1.165) is 25.9 Å². The lowest BCUT2D eigenvalue weighted by molar-refractivity contribution is -0.132. The zero-order valence-electron chi connectivity index (χ0n) is 12.4. The van der Waals surface area contributed by atoms with Gasteiger partial charge in [0.05, 0.1) is 4.88 Å². The van der Waals surface area contributed by atoms with Crippen molar-refractivity contribution >= 4 is 23.2 Å². The number of nitrogens with zero attached hydrogens (tertiary/aromatic N) is 1.